The third-order valence-corrected chi connectivity index (χ3v) is 2.72. The van der Waals surface area contributed by atoms with E-state index in [0.717, 1.165) is 6.54 Å². The molecule has 2 heteroatoms. The highest BCUT2D eigenvalue weighted by atomic mass is 15.2. The molecule has 2 rings (SSSR count). The van der Waals surface area contributed by atoms with Gasteiger partial charge in [-0.1, -0.05) is 32.0 Å². The molecule has 1 saturated heterocycles. The fourth-order valence-corrected chi connectivity index (χ4v) is 1.87. The molecule has 0 aromatic heterocycles. The molecule has 1 aromatic carbocycles. The minimum Gasteiger partial charge on any atom is -0.370 e. The first kappa shape index (κ1) is 12.1. The molecular weight excluding hydrogens is 184 g/mol. The molecule has 0 bridgehead atoms. The molecule has 0 saturated carbocycles. The highest BCUT2D eigenvalue weighted by Gasteiger charge is 2.20. The van der Waals surface area contributed by atoms with Gasteiger partial charge >= 0.3 is 0 Å². The minimum absolute atomic E-state index is 0.667. The van der Waals surface area contributed by atoms with E-state index in [9.17, 15) is 0 Å². The lowest BCUT2D eigenvalue weighted by Gasteiger charge is -2.18. The number of para-hydroxylation sites is 1. The molecule has 1 aliphatic rings. The van der Waals surface area contributed by atoms with Crippen molar-refractivity contribution in [3.05, 3.63) is 30.3 Å². The Labute approximate surface area is 93.3 Å². The van der Waals surface area contributed by atoms with Crippen LogP contribution in [0.5, 0.6) is 0 Å². The van der Waals surface area contributed by atoms with Gasteiger partial charge in [0.1, 0.15) is 0 Å². The first-order valence-electron chi connectivity index (χ1n) is 5.87. The van der Waals surface area contributed by atoms with E-state index in [-0.39, 0.29) is 0 Å². The molecule has 0 aliphatic carbocycles. The van der Waals surface area contributed by atoms with Gasteiger partial charge in [0, 0.05) is 24.8 Å². The average molecular weight is 206 g/mol. The largest absolute Gasteiger partial charge is 0.370 e. The van der Waals surface area contributed by atoms with Gasteiger partial charge in [-0.05, 0) is 25.6 Å². The molecule has 0 spiro atoms. The third-order valence-electron chi connectivity index (χ3n) is 2.72. The second kappa shape index (κ2) is 6.46. The molecule has 2 nitrogen and oxygen atoms in total. The van der Waals surface area contributed by atoms with Crippen LogP contribution in [0.3, 0.4) is 0 Å². The number of anilines is 1. The smallest absolute Gasteiger partial charge is 0.0366 e. The first-order chi connectivity index (χ1) is 7.40. The topological polar surface area (TPSA) is 15.3 Å². The second-order valence-corrected chi connectivity index (χ2v) is 3.56. The lowest BCUT2D eigenvalue weighted by atomic mass is 10.3. The van der Waals surface area contributed by atoms with E-state index >= 15 is 0 Å². The number of rotatable bonds is 2. The van der Waals surface area contributed by atoms with Crippen molar-refractivity contribution in [1.82, 2.24) is 5.32 Å². The molecule has 1 heterocycles. The summed E-state index contributed by atoms with van der Waals surface area (Å²) in [4.78, 5) is 2.43. The summed E-state index contributed by atoms with van der Waals surface area (Å²) in [7, 11) is 2.04. The van der Waals surface area contributed by atoms with Crippen LogP contribution < -0.4 is 10.2 Å². The molecule has 84 valence electrons. The predicted molar refractivity (Wildman–Crippen MR) is 67.5 cm³/mol. The highest BCUT2D eigenvalue weighted by molar-refractivity contribution is 5.47. The number of hydrogen-bond donors (Lipinski definition) is 1. The van der Waals surface area contributed by atoms with Gasteiger partial charge in [-0.15, -0.1) is 0 Å². The van der Waals surface area contributed by atoms with E-state index in [0.29, 0.717) is 6.04 Å². The molecule has 1 fully saturated rings. The van der Waals surface area contributed by atoms with Crippen LogP contribution in [0.2, 0.25) is 0 Å². The maximum absolute atomic E-state index is 3.32. The molecule has 1 aliphatic heterocycles. The zero-order valence-corrected chi connectivity index (χ0v) is 10.0. The van der Waals surface area contributed by atoms with Crippen LogP contribution in [0.15, 0.2) is 30.3 Å². The van der Waals surface area contributed by atoms with E-state index < -0.39 is 0 Å². The summed E-state index contributed by atoms with van der Waals surface area (Å²) < 4.78 is 0. The molecule has 0 radical (unpaired) electrons. The van der Waals surface area contributed by atoms with Crippen molar-refractivity contribution in [1.29, 1.82) is 0 Å². The monoisotopic (exact) mass is 206 g/mol. The van der Waals surface area contributed by atoms with Crippen molar-refractivity contribution in [2.45, 2.75) is 26.3 Å². The van der Waals surface area contributed by atoms with Crippen LogP contribution in [0.4, 0.5) is 5.69 Å². The summed E-state index contributed by atoms with van der Waals surface area (Å²) in [6, 6.07) is 11.3. The van der Waals surface area contributed by atoms with Crippen LogP contribution in [0, 0.1) is 0 Å². The van der Waals surface area contributed by atoms with Crippen LogP contribution in [-0.4, -0.2) is 26.2 Å². The number of nitrogens with zero attached hydrogens (tertiary/aromatic N) is 1. The molecule has 0 amide bonds. The van der Waals surface area contributed by atoms with E-state index in [1.54, 1.807) is 0 Å². The Morgan fingerprint density at radius 2 is 1.87 bits per heavy atom. The summed E-state index contributed by atoms with van der Waals surface area (Å²) in [6.07, 6.45) is 1.26. The minimum atomic E-state index is 0.667. The summed E-state index contributed by atoms with van der Waals surface area (Å²) in [5.74, 6) is 0. The Morgan fingerprint density at radius 1 is 1.20 bits per heavy atom. The Kier molecular flexibility index (Phi) is 5.19. The lowest BCUT2D eigenvalue weighted by Crippen LogP contribution is -2.29. The highest BCUT2D eigenvalue weighted by Crippen LogP contribution is 2.19. The zero-order chi connectivity index (χ0) is 11.1. The molecule has 1 N–H and O–H groups in total. The Balaban J connectivity index is 0.000000531. The van der Waals surface area contributed by atoms with Gasteiger partial charge in [-0.2, -0.15) is 0 Å². The Morgan fingerprint density at radius 3 is 2.40 bits per heavy atom. The van der Waals surface area contributed by atoms with E-state index in [1.165, 1.54) is 18.7 Å². The first-order valence-corrected chi connectivity index (χ1v) is 5.87. The summed E-state index contributed by atoms with van der Waals surface area (Å²) >= 11 is 0. The van der Waals surface area contributed by atoms with E-state index in [4.69, 9.17) is 0 Å². The summed E-state index contributed by atoms with van der Waals surface area (Å²) in [5.41, 5.74) is 1.35. The molecule has 1 aromatic rings. The fourth-order valence-electron chi connectivity index (χ4n) is 1.87. The van der Waals surface area contributed by atoms with Crippen LogP contribution in [-0.2, 0) is 0 Å². The summed E-state index contributed by atoms with van der Waals surface area (Å²) in [6.45, 7) is 6.32. The van der Waals surface area contributed by atoms with Gasteiger partial charge in [0.05, 0.1) is 0 Å². The predicted octanol–water partition coefficient (Wildman–Crippen LogP) is 2.51. The average Bonchev–Trinajstić information content (AvgIpc) is 2.81. The van der Waals surface area contributed by atoms with E-state index in [2.05, 4.69) is 40.5 Å². The van der Waals surface area contributed by atoms with Crippen molar-refractivity contribution in [2.75, 3.05) is 25.0 Å². The molecule has 15 heavy (non-hydrogen) atoms. The molecule has 1 atom stereocenters. The molecular formula is C13H22N2. The SMILES string of the molecule is CC.CNC1CCN(c2ccccc2)C1. The maximum Gasteiger partial charge on any atom is 0.0366 e. The van der Waals surface area contributed by atoms with Crippen LogP contribution in [0.1, 0.15) is 20.3 Å². The third kappa shape index (κ3) is 3.24. The van der Waals surface area contributed by atoms with Gasteiger partial charge in [0.25, 0.3) is 0 Å². The lowest BCUT2D eigenvalue weighted by molar-refractivity contribution is 0.617. The second-order valence-electron chi connectivity index (χ2n) is 3.56. The normalized spacial score (nSPS) is 19.7. The summed E-state index contributed by atoms with van der Waals surface area (Å²) in [5, 5.41) is 3.32. The number of benzene rings is 1. The van der Waals surface area contributed by atoms with Gasteiger partial charge in [0.2, 0.25) is 0 Å². The van der Waals surface area contributed by atoms with Crippen molar-refractivity contribution >= 4 is 5.69 Å². The Bertz CT molecular complexity index is 258. The standard InChI is InChI=1S/C11H16N2.C2H6/c1-12-10-7-8-13(9-10)11-5-3-2-4-6-11;1-2/h2-6,10,12H,7-9H2,1H3;1-2H3. The van der Waals surface area contributed by atoms with Crippen molar-refractivity contribution in [3.8, 4) is 0 Å². The zero-order valence-electron chi connectivity index (χ0n) is 10.0. The number of likely N-dealkylation sites (N-methyl/N-ethyl adjacent to an activating group) is 1. The van der Waals surface area contributed by atoms with Crippen molar-refractivity contribution in [3.63, 3.8) is 0 Å². The molecule has 1 unspecified atom stereocenters. The Hall–Kier alpha value is -1.02. The maximum atomic E-state index is 3.32. The van der Waals surface area contributed by atoms with Crippen LogP contribution >= 0.6 is 0 Å². The van der Waals surface area contributed by atoms with Gasteiger partial charge in [0.15, 0.2) is 0 Å². The fraction of sp³-hybridized carbons (Fsp3) is 0.538. The van der Waals surface area contributed by atoms with Crippen molar-refractivity contribution in [2.24, 2.45) is 0 Å². The van der Waals surface area contributed by atoms with Gasteiger partial charge in [-0.3, -0.25) is 0 Å². The number of hydrogen-bond acceptors (Lipinski definition) is 2. The quantitative estimate of drug-likeness (QED) is 0.800. The van der Waals surface area contributed by atoms with Crippen molar-refractivity contribution < 1.29 is 0 Å². The van der Waals surface area contributed by atoms with Crippen LogP contribution in [0.25, 0.3) is 0 Å². The van der Waals surface area contributed by atoms with E-state index in [1.807, 2.05) is 20.9 Å². The number of nitrogens with one attached hydrogen (secondary N) is 1. The van der Waals surface area contributed by atoms with Gasteiger partial charge in [-0.25, -0.2) is 0 Å². The van der Waals surface area contributed by atoms with Gasteiger partial charge < -0.3 is 10.2 Å².